The molecule has 6 heteroatoms. The number of rotatable bonds is 8. The van der Waals surface area contributed by atoms with Gasteiger partial charge in [0, 0.05) is 27.8 Å². The Balaban J connectivity index is 1.53. The minimum absolute atomic E-state index is 0.0312. The molecule has 0 saturated carbocycles. The highest BCUT2D eigenvalue weighted by Crippen LogP contribution is 2.25. The fraction of sp³-hybridized carbons (Fsp3) is 0.130. The zero-order valence-electron chi connectivity index (χ0n) is 16.0. The van der Waals surface area contributed by atoms with Crippen molar-refractivity contribution < 1.29 is 14.3 Å². The Morgan fingerprint density at radius 3 is 2.38 bits per heavy atom. The summed E-state index contributed by atoms with van der Waals surface area (Å²) in [6.45, 7) is 1.91. The van der Waals surface area contributed by atoms with Gasteiger partial charge >= 0.3 is 0 Å². The number of hydrogen-bond acceptors (Lipinski definition) is 4. The van der Waals surface area contributed by atoms with Crippen LogP contribution in [-0.2, 0) is 4.79 Å². The van der Waals surface area contributed by atoms with Crippen LogP contribution in [0.5, 0.6) is 11.5 Å². The van der Waals surface area contributed by atoms with E-state index >= 15 is 0 Å². The monoisotopic (exact) mass is 406 g/mol. The first kappa shape index (κ1) is 20.5. The van der Waals surface area contributed by atoms with E-state index in [-0.39, 0.29) is 11.8 Å². The number of benzene rings is 3. The topological polar surface area (TPSA) is 81.4 Å². The van der Waals surface area contributed by atoms with Crippen molar-refractivity contribution in [3.8, 4) is 11.5 Å². The first-order valence-corrected chi connectivity index (χ1v) is 10.2. The third-order valence-electron chi connectivity index (χ3n) is 4.17. The number of nitrogens with one attached hydrogen (secondary N) is 1. The summed E-state index contributed by atoms with van der Waals surface area (Å²) in [4.78, 5) is 24.8. The number of carbonyl (C=O) groups excluding carboxylic acids is 2. The van der Waals surface area contributed by atoms with Crippen LogP contribution in [0.3, 0.4) is 0 Å². The number of amides is 2. The highest BCUT2D eigenvalue weighted by molar-refractivity contribution is 7.99. The molecule has 0 radical (unpaired) electrons. The first-order valence-electron chi connectivity index (χ1n) is 9.18. The Kier molecular flexibility index (Phi) is 6.92. The number of nitrogens with two attached hydrogens (primary N) is 1. The summed E-state index contributed by atoms with van der Waals surface area (Å²) in [5.41, 5.74) is 6.37. The number of hydrogen-bond donors (Lipinski definition) is 2. The molecule has 29 heavy (non-hydrogen) atoms. The Labute approximate surface area is 174 Å². The van der Waals surface area contributed by atoms with Crippen molar-refractivity contribution in [1.29, 1.82) is 0 Å². The van der Waals surface area contributed by atoms with Crippen molar-refractivity contribution in [2.45, 2.75) is 11.8 Å². The second-order valence-electron chi connectivity index (χ2n) is 6.53. The predicted octanol–water partition coefficient (Wildman–Crippen LogP) is 4.94. The van der Waals surface area contributed by atoms with E-state index in [1.165, 1.54) is 0 Å². The molecule has 3 aromatic rings. The quantitative estimate of drug-likeness (QED) is 0.519. The number of thioether (sulfide) groups is 1. The maximum absolute atomic E-state index is 12.4. The van der Waals surface area contributed by atoms with Crippen LogP contribution in [0, 0.1) is 5.92 Å². The van der Waals surface area contributed by atoms with E-state index in [1.54, 1.807) is 60.3 Å². The molecule has 1 atom stereocenters. The zero-order valence-corrected chi connectivity index (χ0v) is 16.8. The number of ether oxygens (including phenoxy) is 1. The Hall–Kier alpha value is -3.25. The smallest absolute Gasteiger partial charge is 0.248 e. The molecular weight excluding hydrogens is 384 g/mol. The zero-order chi connectivity index (χ0) is 20.6. The molecule has 148 valence electrons. The van der Waals surface area contributed by atoms with Crippen molar-refractivity contribution in [3.05, 3.63) is 84.4 Å². The summed E-state index contributed by atoms with van der Waals surface area (Å²) < 4.78 is 5.74. The molecule has 0 fully saturated rings. The van der Waals surface area contributed by atoms with Crippen LogP contribution < -0.4 is 15.8 Å². The van der Waals surface area contributed by atoms with E-state index in [0.717, 1.165) is 4.90 Å². The Morgan fingerprint density at radius 2 is 1.69 bits per heavy atom. The van der Waals surface area contributed by atoms with Crippen molar-refractivity contribution in [1.82, 2.24) is 0 Å². The molecule has 2 amide bonds. The first-order chi connectivity index (χ1) is 14.0. The maximum Gasteiger partial charge on any atom is 0.248 e. The van der Waals surface area contributed by atoms with Gasteiger partial charge < -0.3 is 15.8 Å². The van der Waals surface area contributed by atoms with Crippen LogP contribution in [0.2, 0.25) is 0 Å². The maximum atomic E-state index is 12.4. The van der Waals surface area contributed by atoms with Crippen LogP contribution in [0.1, 0.15) is 17.3 Å². The Bertz CT molecular complexity index is 975. The van der Waals surface area contributed by atoms with Gasteiger partial charge in [0.05, 0.1) is 0 Å². The molecule has 0 saturated heterocycles. The van der Waals surface area contributed by atoms with E-state index in [1.807, 2.05) is 37.3 Å². The van der Waals surface area contributed by atoms with Gasteiger partial charge in [-0.2, -0.15) is 0 Å². The molecule has 1 unspecified atom stereocenters. The van der Waals surface area contributed by atoms with Gasteiger partial charge in [-0.05, 0) is 54.6 Å². The lowest BCUT2D eigenvalue weighted by atomic mass is 10.2. The van der Waals surface area contributed by atoms with Crippen LogP contribution in [0.25, 0.3) is 0 Å². The van der Waals surface area contributed by atoms with E-state index in [4.69, 9.17) is 10.5 Å². The SMILES string of the molecule is CC(CSc1ccccc1)C(=O)Nc1ccc(Oc2cccc(C(N)=O)c2)cc1. The lowest BCUT2D eigenvalue weighted by molar-refractivity contribution is -0.118. The predicted molar refractivity (Wildman–Crippen MR) is 116 cm³/mol. The fourth-order valence-electron chi connectivity index (χ4n) is 2.53. The average molecular weight is 407 g/mol. The van der Waals surface area contributed by atoms with E-state index in [0.29, 0.717) is 28.5 Å². The second kappa shape index (κ2) is 9.80. The summed E-state index contributed by atoms with van der Waals surface area (Å²) in [6, 6.07) is 23.8. The highest BCUT2D eigenvalue weighted by Gasteiger charge is 2.13. The number of carbonyl (C=O) groups is 2. The second-order valence-corrected chi connectivity index (χ2v) is 7.63. The minimum atomic E-state index is -0.506. The van der Waals surface area contributed by atoms with E-state index in [9.17, 15) is 9.59 Å². The van der Waals surface area contributed by atoms with Gasteiger partial charge in [-0.3, -0.25) is 9.59 Å². The van der Waals surface area contributed by atoms with Gasteiger partial charge in [-0.1, -0.05) is 31.2 Å². The van der Waals surface area contributed by atoms with Gasteiger partial charge in [-0.25, -0.2) is 0 Å². The molecule has 0 bridgehead atoms. The average Bonchev–Trinajstić information content (AvgIpc) is 2.74. The highest BCUT2D eigenvalue weighted by atomic mass is 32.2. The summed E-state index contributed by atoms with van der Waals surface area (Å²) in [7, 11) is 0. The van der Waals surface area contributed by atoms with E-state index in [2.05, 4.69) is 5.32 Å². The third kappa shape index (κ3) is 6.12. The van der Waals surface area contributed by atoms with Crippen molar-refractivity contribution in [2.75, 3.05) is 11.1 Å². The molecule has 5 nitrogen and oxygen atoms in total. The lowest BCUT2D eigenvalue weighted by Gasteiger charge is -2.13. The number of primary amides is 1. The summed E-state index contributed by atoms with van der Waals surface area (Å²) in [6.07, 6.45) is 0. The molecule has 0 aliphatic carbocycles. The minimum Gasteiger partial charge on any atom is -0.457 e. The van der Waals surface area contributed by atoms with Gasteiger partial charge in [0.1, 0.15) is 11.5 Å². The van der Waals surface area contributed by atoms with E-state index < -0.39 is 5.91 Å². The molecule has 3 aromatic carbocycles. The fourth-order valence-corrected chi connectivity index (χ4v) is 3.48. The van der Waals surface area contributed by atoms with Crippen LogP contribution in [0.4, 0.5) is 5.69 Å². The Morgan fingerprint density at radius 1 is 0.966 bits per heavy atom. The van der Waals surface area contributed by atoms with Gasteiger partial charge in [-0.15, -0.1) is 11.8 Å². The summed E-state index contributed by atoms with van der Waals surface area (Å²) >= 11 is 1.66. The van der Waals surface area contributed by atoms with Gasteiger partial charge in [0.25, 0.3) is 0 Å². The lowest BCUT2D eigenvalue weighted by Crippen LogP contribution is -2.22. The summed E-state index contributed by atoms with van der Waals surface area (Å²) in [5.74, 6) is 1.15. The molecule has 0 aromatic heterocycles. The largest absolute Gasteiger partial charge is 0.457 e. The van der Waals surface area contributed by atoms with Crippen LogP contribution >= 0.6 is 11.8 Å². The molecule has 0 heterocycles. The number of anilines is 1. The third-order valence-corrected chi connectivity index (χ3v) is 5.44. The van der Waals surface area contributed by atoms with Crippen molar-refractivity contribution in [3.63, 3.8) is 0 Å². The molecular formula is C23H22N2O3S. The van der Waals surface area contributed by atoms with Crippen molar-refractivity contribution >= 4 is 29.3 Å². The molecule has 3 N–H and O–H groups in total. The van der Waals surface area contributed by atoms with Gasteiger partial charge in [0.2, 0.25) is 11.8 Å². The normalized spacial score (nSPS) is 11.5. The van der Waals surface area contributed by atoms with Crippen LogP contribution in [0.15, 0.2) is 83.8 Å². The summed E-state index contributed by atoms with van der Waals surface area (Å²) in [5, 5.41) is 2.92. The van der Waals surface area contributed by atoms with Crippen LogP contribution in [-0.4, -0.2) is 17.6 Å². The van der Waals surface area contributed by atoms with Gasteiger partial charge in [0.15, 0.2) is 0 Å². The molecule has 0 aliphatic heterocycles. The van der Waals surface area contributed by atoms with Crippen molar-refractivity contribution in [2.24, 2.45) is 11.7 Å². The molecule has 0 aliphatic rings. The molecule has 0 spiro atoms. The molecule has 3 rings (SSSR count). The standard InChI is InChI=1S/C23H22N2O3S/c1-16(15-29-21-8-3-2-4-9-21)23(27)25-18-10-12-19(13-11-18)28-20-7-5-6-17(14-20)22(24)26/h2-14,16H,15H2,1H3,(H2,24,26)(H,25,27).